The molecule has 7 rings (SSSR count). The number of aliphatic hydroxyl groups is 6. The molecule has 6 N–H and O–H groups in total. The number of cyclic esters (lactones) is 1. The molecule has 228 valence electrons. The van der Waals surface area contributed by atoms with Crippen molar-refractivity contribution in [1.29, 1.82) is 0 Å². The molecule has 3 heterocycles. The van der Waals surface area contributed by atoms with Crippen molar-refractivity contribution >= 4 is 11.9 Å². The van der Waals surface area contributed by atoms with Gasteiger partial charge in [0.15, 0.2) is 6.29 Å². The lowest BCUT2D eigenvalue weighted by Crippen LogP contribution is -2.73. The molecule has 0 bridgehead atoms. The monoisotopic (exact) mass is 580 g/mol. The lowest BCUT2D eigenvalue weighted by atomic mass is 9.41. The Morgan fingerprint density at radius 2 is 1.76 bits per heavy atom. The van der Waals surface area contributed by atoms with Crippen LogP contribution >= 0.6 is 0 Å². The summed E-state index contributed by atoms with van der Waals surface area (Å²) in [6, 6.07) is 0. The number of rotatable bonds is 3. The Bertz CT molecular complexity index is 1170. The second-order valence-electron chi connectivity index (χ2n) is 13.9. The predicted molar refractivity (Wildman–Crippen MR) is 135 cm³/mol. The van der Waals surface area contributed by atoms with Crippen LogP contribution < -0.4 is 0 Å². The SMILES string of the molecule is CC1OC(OC2CC(O)C34C(=O)OC5CC6(C)C(C7=CC(=O)OC7)CCC6(O)C(CCC3(O)C2)C54)C(O)C(O)C1O. The van der Waals surface area contributed by atoms with Gasteiger partial charge in [0.1, 0.15) is 36.4 Å². The van der Waals surface area contributed by atoms with Gasteiger partial charge in [-0.2, -0.15) is 0 Å². The molecule has 41 heavy (non-hydrogen) atoms. The summed E-state index contributed by atoms with van der Waals surface area (Å²) in [7, 11) is 0. The van der Waals surface area contributed by atoms with Crippen molar-refractivity contribution in [3.63, 3.8) is 0 Å². The molecule has 2 saturated heterocycles. The average Bonchev–Trinajstić information content (AvgIpc) is 3.54. The quantitative estimate of drug-likeness (QED) is 0.178. The molecule has 0 radical (unpaired) electrons. The van der Waals surface area contributed by atoms with Gasteiger partial charge in [0, 0.05) is 30.3 Å². The van der Waals surface area contributed by atoms with E-state index in [2.05, 4.69) is 0 Å². The first kappa shape index (κ1) is 28.1. The number of carbonyl (C=O) groups excluding carboxylic acids is 2. The normalized spacial score (nSPS) is 57.8. The molecule has 7 aliphatic rings. The molecule has 4 saturated carbocycles. The largest absolute Gasteiger partial charge is 0.461 e. The zero-order valence-corrected chi connectivity index (χ0v) is 23.2. The van der Waals surface area contributed by atoms with E-state index in [4.69, 9.17) is 18.9 Å². The van der Waals surface area contributed by atoms with Crippen LogP contribution in [-0.4, -0.2) is 109 Å². The van der Waals surface area contributed by atoms with E-state index in [9.17, 15) is 40.2 Å². The molecular weight excluding hydrogens is 540 g/mol. The minimum absolute atomic E-state index is 0.0423. The zero-order chi connectivity index (χ0) is 29.3. The Morgan fingerprint density at radius 1 is 1.00 bits per heavy atom. The summed E-state index contributed by atoms with van der Waals surface area (Å²) in [5, 5.41) is 67.1. The number of carbonyl (C=O) groups is 2. The molecule has 15 unspecified atom stereocenters. The molecule has 0 aromatic heterocycles. The molecular formula is C29H40O12. The van der Waals surface area contributed by atoms with Crippen LogP contribution in [-0.2, 0) is 28.5 Å². The third-order valence-corrected chi connectivity index (χ3v) is 12.2. The van der Waals surface area contributed by atoms with Gasteiger partial charge in [-0.1, -0.05) is 6.92 Å². The van der Waals surface area contributed by atoms with Gasteiger partial charge in [-0.25, -0.2) is 4.79 Å². The van der Waals surface area contributed by atoms with Gasteiger partial charge in [0.05, 0.1) is 29.5 Å². The van der Waals surface area contributed by atoms with Gasteiger partial charge in [0.2, 0.25) is 0 Å². The molecule has 15 atom stereocenters. The lowest BCUT2D eigenvalue weighted by Gasteiger charge is -2.64. The molecule has 12 heteroatoms. The maximum atomic E-state index is 13.8. The van der Waals surface area contributed by atoms with E-state index in [1.165, 1.54) is 13.0 Å². The first-order chi connectivity index (χ1) is 19.3. The first-order valence-corrected chi connectivity index (χ1v) is 14.8. The minimum atomic E-state index is -1.71. The van der Waals surface area contributed by atoms with Crippen molar-refractivity contribution in [3.05, 3.63) is 11.6 Å². The van der Waals surface area contributed by atoms with Crippen LogP contribution in [0.4, 0.5) is 0 Å². The lowest BCUT2D eigenvalue weighted by molar-refractivity contribution is -0.324. The predicted octanol–water partition coefficient (Wildman–Crippen LogP) is -0.943. The molecule has 4 aliphatic carbocycles. The summed E-state index contributed by atoms with van der Waals surface area (Å²) in [4.78, 5) is 25.7. The Kier molecular flexibility index (Phi) is 6.14. The van der Waals surface area contributed by atoms with E-state index >= 15 is 0 Å². The van der Waals surface area contributed by atoms with Crippen LogP contribution in [0, 0.1) is 28.6 Å². The minimum Gasteiger partial charge on any atom is -0.461 e. The third kappa shape index (κ3) is 3.44. The van der Waals surface area contributed by atoms with Gasteiger partial charge in [-0.3, -0.25) is 4.79 Å². The van der Waals surface area contributed by atoms with Crippen LogP contribution in [0.25, 0.3) is 0 Å². The van der Waals surface area contributed by atoms with Crippen molar-refractivity contribution < 1.29 is 59.2 Å². The molecule has 0 aromatic carbocycles. The number of hydrogen-bond acceptors (Lipinski definition) is 12. The molecule has 3 aliphatic heterocycles. The summed E-state index contributed by atoms with van der Waals surface area (Å²) in [6.07, 6.45) is -5.91. The van der Waals surface area contributed by atoms with Crippen LogP contribution in [0.2, 0.25) is 0 Å². The fourth-order valence-electron chi connectivity index (χ4n) is 10.4. The first-order valence-electron chi connectivity index (χ1n) is 14.8. The van der Waals surface area contributed by atoms with Crippen molar-refractivity contribution in [2.24, 2.45) is 28.6 Å². The molecule has 6 fully saturated rings. The number of esters is 2. The van der Waals surface area contributed by atoms with Crippen molar-refractivity contribution in [3.8, 4) is 0 Å². The maximum absolute atomic E-state index is 13.8. The van der Waals surface area contributed by atoms with Gasteiger partial charge in [0.25, 0.3) is 0 Å². The average molecular weight is 581 g/mol. The number of fused-ring (bicyclic) bond motifs is 2. The van der Waals surface area contributed by atoms with Gasteiger partial charge >= 0.3 is 11.9 Å². The van der Waals surface area contributed by atoms with Gasteiger partial charge in [-0.05, 0) is 56.4 Å². The molecule has 0 aromatic rings. The van der Waals surface area contributed by atoms with Crippen molar-refractivity contribution in [2.75, 3.05) is 6.61 Å². The van der Waals surface area contributed by atoms with Gasteiger partial charge in [-0.15, -0.1) is 0 Å². The summed E-state index contributed by atoms with van der Waals surface area (Å²) >= 11 is 0. The third-order valence-electron chi connectivity index (χ3n) is 12.2. The van der Waals surface area contributed by atoms with Crippen molar-refractivity contribution in [1.82, 2.24) is 0 Å². The highest BCUT2D eigenvalue weighted by Crippen LogP contribution is 2.73. The molecule has 1 spiro atoms. The van der Waals surface area contributed by atoms with Crippen LogP contribution in [0.15, 0.2) is 11.6 Å². The van der Waals surface area contributed by atoms with E-state index in [1.807, 2.05) is 6.92 Å². The second-order valence-corrected chi connectivity index (χ2v) is 13.9. The summed E-state index contributed by atoms with van der Waals surface area (Å²) in [5.41, 5.74) is -4.41. The Labute approximate surface area is 237 Å². The summed E-state index contributed by atoms with van der Waals surface area (Å²) in [6.45, 7) is 3.71. The maximum Gasteiger partial charge on any atom is 0.331 e. The standard InChI is InChI=1S/C29H40O12/c1-12-21(32)22(33)23(34)24(39-12)40-14-8-18(30)29-20-16(3-5-27(29,36)9-14)28(37)6-4-15(13-7-19(31)38-11-13)26(28,2)10-17(20)41-25(29)35/h7,12,14-18,20-24,30,32-34,36-37H,3-6,8-11H2,1-2H3. The fraction of sp³-hybridized carbons (Fsp3) is 0.862. The highest BCUT2D eigenvalue weighted by atomic mass is 16.7. The van der Waals surface area contributed by atoms with Crippen LogP contribution in [0.5, 0.6) is 0 Å². The highest BCUT2D eigenvalue weighted by Gasteiger charge is 2.81. The Hall–Kier alpha value is -1.64. The van der Waals surface area contributed by atoms with Crippen LogP contribution in [0.3, 0.4) is 0 Å². The van der Waals surface area contributed by atoms with Crippen molar-refractivity contribution in [2.45, 2.75) is 119 Å². The number of aliphatic hydroxyl groups excluding tert-OH is 4. The smallest absolute Gasteiger partial charge is 0.331 e. The fourth-order valence-corrected chi connectivity index (χ4v) is 10.4. The topological polar surface area (TPSA) is 192 Å². The highest BCUT2D eigenvalue weighted by molar-refractivity contribution is 5.85. The Balaban J connectivity index is 1.19. The number of ether oxygens (including phenoxy) is 4. The van der Waals surface area contributed by atoms with Gasteiger partial charge < -0.3 is 49.6 Å². The van der Waals surface area contributed by atoms with E-state index in [1.54, 1.807) is 0 Å². The van der Waals surface area contributed by atoms with E-state index in [0.29, 0.717) is 25.7 Å². The second kappa shape index (κ2) is 8.95. The van der Waals surface area contributed by atoms with E-state index in [-0.39, 0.29) is 31.8 Å². The molecule has 0 amide bonds. The Morgan fingerprint density at radius 3 is 2.46 bits per heavy atom. The summed E-state index contributed by atoms with van der Waals surface area (Å²) < 4.78 is 22.7. The van der Waals surface area contributed by atoms with E-state index in [0.717, 1.165) is 5.57 Å². The van der Waals surface area contributed by atoms with Crippen LogP contribution in [0.1, 0.15) is 58.8 Å². The molecule has 12 nitrogen and oxygen atoms in total. The number of hydrogen-bond donors (Lipinski definition) is 6. The van der Waals surface area contributed by atoms with E-state index < -0.39 is 94.8 Å². The zero-order valence-electron chi connectivity index (χ0n) is 23.2. The summed E-state index contributed by atoms with van der Waals surface area (Å²) in [5.74, 6) is -2.23.